The van der Waals surface area contributed by atoms with Gasteiger partial charge in [0.2, 0.25) is 0 Å². The SMILES string of the molecule is Cc1cc(Nc2ccc3c(c2)ncn3C)nc(-c2ccccn2)n1. The molecule has 0 spiro atoms. The number of nitrogens with zero attached hydrogens (tertiary/aromatic N) is 5. The van der Waals surface area contributed by atoms with E-state index >= 15 is 0 Å². The van der Waals surface area contributed by atoms with Crippen LogP contribution in [0.4, 0.5) is 11.5 Å². The maximum Gasteiger partial charge on any atom is 0.180 e. The summed E-state index contributed by atoms with van der Waals surface area (Å²) in [5, 5.41) is 3.33. The molecule has 0 aliphatic rings. The third-order valence-electron chi connectivity index (χ3n) is 3.75. The van der Waals surface area contributed by atoms with E-state index in [1.807, 2.05) is 67.3 Å². The zero-order valence-corrected chi connectivity index (χ0v) is 13.4. The fourth-order valence-corrected chi connectivity index (χ4v) is 2.60. The van der Waals surface area contributed by atoms with Crippen molar-refractivity contribution >= 4 is 22.5 Å². The summed E-state index contributed by atoms with van der Waals surface area (Å²) in [6.07, 6.45) is 3.55. The predicted molar refractivity (Wildman–Crippen MR) is 94.0 cm³/mol. The molecule has 6 nitrogen and oxygen atoms in total. The molecule has 4 rings (SSSR count). The average Bonchev–Trinajstić information content (AvgIpc) is 2.96. The van der Waals surface area contributed by atoms with Gasteiger partial charge in [-0.05, 0) is 37.3 Å². The number of fused-ring (bicyclic) bond motifs is 1. The van der Waals surface area contributed by atoms with E-state index in [1.54, 1.807) is 6.20 Å². The second-order valence-corrected chi connectivity index (χ2v) is 5.62. The molecule has 118 valence electrons. The third kappa shape index (κ3) is 2.69. The molecule has 0 amide bonds. The van der Waals surface area contributed by atoms with Crippen molar-refractivity contribution in [1.29, 1.82) is 0 Å². The fourth-order valence-electron chi connectivity index (χ4n) is 2.60. The molecule has 3 aromatic heterocycles. The van der Waals surface area contributed by atoms with Gasteiger partial charge in [0, 0.05) is 30.7 Å². The molecule has 3 heterocycles. The smallest absolute Gasteiger partial charge is 0.180 e. The number of anilines is 2. The quantitative estimate of drug-likeness (QED) is 0.627. The van der Waals surface area contributed by atoms with Crippen LogP contribution in [0, 0.1) is 6.92 Å². The van der Waals surface area contributed by atoms with Gasteiger partial charge in [-0.15, -0.1) is 0 Å². The second-order valence-electron chi connectivity index (χ2n) is 5.62. The van der Waals surface area contributed by atoms with Gasteiger partial charge in [0.25, 0.3) is 0 Å². The van der Waals surface area contributed by atoms with E-state index in [4.69, 9.17) is 0 Å². The fraction of sp³-hybridized carbons (Fsp3) is 0.111. The molecule has 0 radical (unpaired) electrons. The van der Waals surface area contributed by atoms with Crippen molar-refractivity contribution in [1.82, 2.24) is 24.5 Å². The number of imidazole rings is 1. The minimum atomic E-state index is 0.608. The molecule has 1 aromatic carbocycles. The topological polar surface area (TPSA) is 68.5 Å². The summed E-state index contributed by atoms with van der Waals surface area (Å²) in [6.45, 7) is 1.95. The number of benzene rings is 1. The van der Waals surface area contributed by atoms with Crippen molar-refractivity contribution in [2.75, 3.05) is 5.32 Å². The number of aromatic nitrogens is 5. The van der Waals surface area contributed by atoms with Crippen molar-refractivity contribution in [3.05, 3.63) is 60.7 Å². The maximum atomic E-state index is 4.57. The van der Waals surface area contributed by atoms with E-state index in [9.17, 15) is 0 Å². The molecule has 4 aromatic rings. The Balaban J connectivity index is 1.69. The van der Waals surface area contributed by atoms with Gasteiger partial charge in [-0.1, -0.05) is 6.07 Å². The number of pyridine rings is 1. The number of aryl methyl sites for hydroxylation is 2. The van der Waals surface area contributed by atoms with Crippen LogP contribution in [0.15, 0.2) is 55.0 Å². The van der Waals surface area contributed by atoms with Crippen molar-refractivity contribution in [3.8, 4) is 11.5 Å². The van der Waals surface area contributed by atoms with Crippen molar-refractivity contribution in [2.24, 2.45) is 7.05 Å². The zero-order chi connectivity index (χ0) is 16.5. The second kappa shape index (κ2) is 5.73. The highest BCUT2D eigenvalue weighted by Crippen LogP contribution is 2.22. The highest BCUT2D eigenvalue weighted by molar-refractivity contribution is 5.80. The number of rotatable bonds is 3. The van der Waals surface area contributed by atoms with Crippen LogP contribution in [0.2, 0.25) is 0 Å². The number of nitrogens with one attached hydrogen (secondary N) is 1. The first-order valence-electron chi connectivity index (χ1n) is 7.64. The molecule has 0 aliphatic carbocycles. The molecule has 0 fully saturated rings. The molecule has 1 N–H and O–H groups in total. The van der Waals surface area contributed by atoms with Crippen LogP contribution in [0.5, 0.6) is 0 Å². The van der Waals surface area contributed by atoms with E-state index in [0.717, 1.165) is 33.9 Å². The Hall–Kier alpha value is -3.28. The molecular weight excluding hydrogens is 300 g/mol. The van der Waals surface area contributed by atoms with Crippen molar-refractivity contribution in [2.45, 2.75) is 6.92 Å². The standard InChI is InChI=1S/C18H16N6/c1-12-9-17(23-18(21-12)14-5-3-4-8-19-14)22-13-6-7-16-15(10-13)20-11-24(16)2/h3-11H,1-2H3,(H,21,22,23). The lowest BCUT2D eigenvalue weighted by Crippen LogP contribution is -2.00. The summed E-state index contributed by atoms with van der Waals surface area (Å²) in [5.41, 5.74) is 4.61. The van der Waals surface area contributed by atoms with Gasteiger partial charge in [0.05, 0.1) is 17.4 Å². The van der Waals surface area contributed by atoms with Gasteiger partial charge in [-0.2, -0.15) is 0 Å². The van der Waals surface area contributed by atoms with E-state index in [0.29, 0.717) is 5.82 Å². The van der Waals surface area contributed by atoms with Crippen LogP contribution >= 0.6 is 0 Å². The lowest BCUT2D eigenvalue weighted by Gasteiger charge is -2.08. The monoisotopic (exact) mass is 316 g/mol. The highest BCUT2D eigenvalue weighted by Gasteiger charge is 2.07. The summed E-state index contributed by atoms with van der Waals surface area (Å²) < 4.78 is 1.99. The van der Waals surface area contributed by atoms with Crippen molar-refractivity contribution in [3.63, 3.8) is 0 Å². The zero-order valence-electron chi connectivity index (χ0n) is 13.4. The summed E-state index contributed by atoms with van der Waals surface area (Å²) in [4.78, 5) is 17.7. The van der Waals surface area contributed by atoms with Crippen LogP contribution in [0.1, 0.15) is 5.69 Å². The van der Waals surface area contributed by atoms with Gasteiger partial charge in [0.15, 0.2) is 5.82 Å². The molecule has 0 aliphatic heterocycles. The lowest BCUT2D eigenvalue weighted by atomic mass is 10.2. The Morgan fingerprint density at radius 1 is 1.00 bits per heavy atom. The Morgan fingerprint density at radius 2 is 1.92 bits per heavy atom. The first-order chi connectivity index (χ1) is 11.7. The van der Waals surface area contributed by atoms with Gasteiger partial charge >= 0.3 is 0 Å². The summed E-state index contributed by atoms with van der Waals surface area (Å²) >= 11 is 0. The third-order valence-corrected chi connectivity index (χ3v) is 3.75. The molecule has 0 bridgehead atoms. The van der Waals surface area contributed by atoms with E-state index < -0.39 is 0 Å². The Morgan fingerprint density at radius 3 is 2.75 bits per heavy atom. The normalized spacial score (nSPS) is 10.9. The Kier molecular flexibility index (Phi) is 3.42. The molecular formula is C18H16N6. The minimum absolute atomic E-state index is 0.608. The Bertz CT molecular complexity index is 1010. The van der Waals surface area contributed by atoms with E-state index in [2.05, 4.69) is 25.3 Å². The van der Waals surface area contributed by atoms with Gasteiger partial charge in [0.1, 0.15) is 11.5 Å². The van der Waals surface area contributed by atoms with Crippen LogP contribution in [-0.4, -0.2) is 24.5 Å². The van der Waals surface area contributed by atoms with E-state index in [1.165, 1.54) is 0 Å². The molecule has 6 heteroatoms. The summed E-state index contributed by atoms with van der Waals surface area (Å²) in [6, 6.07) is 13.7. The largest absolute Gasteiger partial charge is 0.340 e. The molecule has 0 saturated heterocycles. The summed E-state index contributed by atoms with van der Waals surface area (Å²) in [5.74, 6) is 1.34. The first kappa shape index (κ1) is 14.3. The van der Waals surface area contributed by atoms with Gasteiger partial charge in [-0.25, -0.2) is 15.0 Å². The van der Waals surface area contributed by atoms with Gasteiger partial charge < -0.3 is 9.88 Å². The average molecular weight is 316 g/mol. The van der Waals surface area contributed by atoms with Crippen LogP contribution in [0.25, 0.3) is 22.6 Å². The first-order valence-corrected chi connectivity index (χ1v) is 7.64. The van der Waals surface area contributed by atoms with Crippen LogP contribution < -0.4 is 5.32 Å². The minimum Gasteiger partial charge on any atom is -0.340 e. The molecule has 0 unspecified atom stereocenters. The molecule has 0 saturated carbocycles. The lowest BCUT2D eigenvalue weighted by molar-refractivity contribution is 0.948. The number of hydrogen-bond donors (Lipinski definition) is 1. The maximum absolute atomic E-state index is 4.57. The number of hydrogen-bond acceptors (Lipinski definition) is 5. The highest BCUT2D eigenvalue weighted by atomic mass is 15.1. The van der Waals surface area contributed by atoms with Crippen LogP contribution in [-0.2, 0) is 7.05 Å². The predicted octanol–water partition coefficient (Wildman–Crippen LogP) is 3.48. The van der Waals surface area contributed by atoms with Crippen molar-refractivity contribution < 1.29 is 0 Å². The van der Waals surface area contributed by atoms with E-state index in [-0.39, 0.29) is 0 Å². The molecule has 0 atom stereocenters. The van der Waals surface area contributed by atoms with Gasteiger partial charge in [-0.3, -0.25) is 4.98 Å². The van der Waals surface area contributed by atoms with Crippen LogP contribution in [0.3, 0.4) is 0 Å². The molecule has 24 heavy (non-hydrogen) atoms. The Labute approximate surface area is 139 Å². The summed E-state index contributed by atoms with van der Waals surface area (Å²) in [7, 11) is 1.98.